The number of anilines is 1. The summed E-state index contributed by atoms with van der Waals surface area (Å²) in [4.78, 5) is 11.3. The number of aliphatic hydroxyl groups excluding tert-OH is 1. The molecule has 0 saturated carbocycles. The molecule has 1 aromatic carbocycles. The molecule has 0 aliphatic carbocycles. The van der Waals surface area contributed by atoms with Crippen LogP contribution in [-0.2, 0) is 0 Å². The molecule has 1 unspecified atom stereocenters. The van der Waals surface area contributed by atoms with Gasteiger partial charge in [-0.2, -0.15) is 0 Å². The molecule has 18 heavy (non-hydrogen) atoms. The Balaban J connectivity index is 2.39. The Morgan fingerprint density at radius 3 is 2.50 bits per heavy atom. The van der Waals surface area contributed by atoms with E-state index in [2.05, 4.69) is 10.6 Å². The van der Waals surface area contributed by atoms with Crippen LogP contribution in [0.2, 0.25) is 0 Å². The molecule has 2 amide bonds. The Labute approximate surface area is 103 Å². The number of ether oxygens (including phenoxy) is 1. The van der Waals surface area contributed by atoms with E-state index in [1.165, 1.54) is 7.11 Å². The number of urea groups is 1. The largest absolute Gasteiger partial charge is 0.497 e. The smallest absolute Gasteiger partial charge is 0.319 e. The van der Waals surface area contributed by atoms with Crippen molar-refractivity contribution in [3.63, 3.8) is 0 Å². The minimum atomic E-state index is -2.88. The first kappa shape index (κ1) is 14.2. The number of alkyl halides is 2. The summed E-state index contributed by atoms with van der Waals surface area (Å²) in [7, 11) is 1.51. The van der Waals surface area contributed by atoms with Gasteiger partial charge in [-0.1, -0.05) is 0 Å². The lowest BCUT2D eigenvalue weighted by Crippen LogP contribution is -2.38. The highest BCUT2D eigenvalue weighted by Crippen LogP contribution is 2.14. The molecule has 1 atom stereocenters. The van der Waals surface area contributed by atoms with E-state index in [1.54, 1.807) is 24.3 Å². The first-order chi connectivity index (χ1) is 8.52. The van der Waals surface area contributed by atoms with Gasteiger partial charge in [-0.25, -0.2) is 13.6 Å². The molecule has 0 aliphatic rings. The molecule has 5 nitrogen and oxygen atoms in total. The second-order valence-electron chi connectivity index (χ2n) is 3.47. The maximum absolute atomic E-state index is 12.0. The summed E-state index contributed by atoms with van der Waals surface area (Å²) >= 11 is 0. The van der Waals surface area contributed by atoms with Crippen LogP contribution in [0.25, 0.3) is 0 Å². The predicted octanol–water partition coefficient (Wildman–Crippen LogP) is 1.44. The fourth-order valence-electron chi connectivity index (χ4n) is 1.14. The van der Waals surface area contributed by atoms with Crippen molar-refractivity contribution in [3.8, 4) is 5.75 Å². The average Bonchev–Trinajstić information content (AvgIpc) is 2.36. The van der Waals surface area contributed by atoms with E-state index < -0.39 is 25.1 Å². The zero-order valence-electron chi connectivity index (χ0n) is 9.69. The number of amides is 2. The maximum Gasteiger partial charge on any atom is 0.319 e. The first-order valence-corrected chi connectivity index (χ1v) is 5.18. The maximum atomic E-state index is 12.0. The third-order valence-electron chi connectivity index (χ3n) is 2.11. The summed E-state index contributed by atoms with van der Waals surface area (Å²) in [5, 5.41) is 13.4. The van der Waals surface area contributed by atoms with Crippen LogP contribution < -0.4 is 15.4 Å². The van der Waals surface area contributed by atoms with Gasteiger partial charge in [0.2, 0.25) is 0 Å². The van der Waals surface area contributed by atoms with Gasteiger partial charge in [0.15, 0.2) is 0 Å². The van der Waals surface area contributed by atoms with E-state index >= 15 is 0 Å². The van der Waals surface area contributed by atoms with Crippen LogP contribution in [0.1, 0.15) is 0 Å². The number of halogens is 2. The molecule has 0 radical (unpaired) electrons. The number of carbonyl (C=O) groups excluding carboxylic acids is 1. The number of aliphatic hydroxyl groups is 1. The van der Waals surface area contributed by atoms with Crippen molar-refractivity contribution in [2.24, 2.45) is 0 Å². The van der Waals surface area contributed by atoms with Gasteiger partial charge in [0, 0.05) is 5.69 Å². The van der Waals surface area contributed by atoms with Gasteiger partial charge in [0.1, 0.15) is 11.9 Å². The lowest BCUT2D eigenvalue weighted by atomic mass is 10.3. The second kappa shape index (κ2) is 6.75. The molecule has 100 valence electrons. The Morgan fingerprint density at radius 2 is 2.00 bits per heavy atom. The summed E-state index contributed by atoms with van der Waals surface area (Å²) in [6.45, 7) is -0.514. The van der Waals surface area contributed by atoms with Gasteiger partial charge in [0.05, 0.1) is 13.7 Å². The van der Waals surface area contributed by atoms with E-state index in [0.717, 1.165) is 0 Å². The van der Waals surface area contributed by atoms with Crippen molar-refractivity contribution in [1.29, 1.82) is 0 Å². The van der Waals surface area contributed by atoms with Crippen LogP contribution in [0, 0.1) is 0 Å². The van der Waals surface area contributed by atoms with Gasteiger partial charge >= 0.3 is 6.03 Å². The molecule has 1 rings (SSSR count). The SMILES string of the molecule is COc1ccc(NC(=O)NCC(O)C(F)F)cc1. The molecule has 0 aliphatic heterocycles. The van der Waals surface area contributed by atoms with Crippen LogP contribution >= 0.6 is 0 Å². The van der Waals surface area contributed by atoms with E-state index in [9.17, 15) is 13.6 Å². The molecular weight excluding hydrogens is 246 g/mol. The molecule has 0 heterocycles. The third kappa shape index (κ3) is 4.54. The standard InChI is InChI=1S/C11H14F2N2O3/c1-18-8-4-2-7(3-5-8)15-11(17)14-6-9(16)10(12)13/h2-5,9-10,16H,6H2,1H3,(H2,14,15,17). The molecule has 1 aromatic rings. The van der Waals surface area contributed by atoms with Crippen LogP contribution in [0.4, 0.5) is 19.3 Å². The van der Waals surface area contributed by atoms with Gasteiger partial charge in [-0.05, 0) is 24.3 Å². The van der Waals surface area contributed by atoms with Crippen LogP contribution in [0.5, 0.6) is 5.75 Å². The lowest BCUT2D eigenvalue weighted by Gasteiger charge is -2.11. The topological polar surface area (TPSA) is 70.6 Å². The summed E-state index contributed by atoms with van der Waals surface area (Å²) < 4.78 is 28.8. The number of methoxy groups -OCH3 is 1. The zero-order chi connectivity index (χ0) is 13.5. The van der Waals surface area contributed by atoms with Crippen LogP contribution in [0.3, 0.4) is 0 Å². The Hall–Kier alpha value is -1.89. The fourth-order valence-corrected chi connectivity index (χ4v) is 1.14. The molecule has 3 N–H and O–H groups in total. The minimum absolute atomic E-state index is 0.486. The van der Waals surface area contributed by atoms with Gasteiger partial charge in [0.25, 0.3) is 6.43 Å². The molecule has 7 heteroatoms. The zero-order valence-corrected chi connectivity index (χ0v) is 9.69. The number of nitrogens with one attached hydrogen (secondary N) is 2. The van der Waals surface area contributed by atoms with Crippen molar-refractivity contribution in [3.05, 3.63) is 24.3 Å². The highest BCUT2D eigenvalue weighted by Gasteiger charge is 2.17. The highest BCUT2D eigenvalue weighted by atomic mass is 19.3. The fraction of sp³-hybridized carbons (Fsp3) is 0.364. The lowest BCUT2D eigenvalue weighted by molar-refractivity contribution is -0.00155. The van der Waals surface area contributed by atoms with E-state index in [1.807, 2.05) is 0 Å². The Kier molecular flexibility index (Phi) is 5.31. The third-order valence-corrected chi connectivity index (χ3v) is 2.11. The minimum Gasteiger partial charge on any atom is -0.497 e. The summed E-state index contributed by atoms with van der Waals surface area (Å²) in [6.07, 6.45) is -4.75. The predicted molar refractivity (Wildman–Crippen MR) is 62.0 cm³/mol. The molecule has 0 saturated heterocycles. The van der Waals surface area contributed by atoms with E-state index in [-0.39, 0.29) is 0 Å². The van der Waals surface area contributed by atoms with Crippen LogP contribution in [0.15, 0.2) is 24.3 Å². The first-order valence-electron chi connectivity index (χ1n) is 5.18. The molecule has 0 bridgehead atoms. The van der Waals surface area contributed by atoms with E-state index in [4.69, 9.17) is 9.84 Å². The second-order valence-corrected chi connectivity index (χ2v) is 3.47. The van der Waals surface area contributed by atoms with Crippen molar-refractivity contribution in [1.82, 2.24) is 5.32 Å². The molecule has 0 aromatic heterocycles. The van der Waals surface area contributed by atoms with E-state index in [0.29, 0.717) is 11.4 Å². The molecule has 0 spiro atoms. The van der Waals surface area contributed by atoms with Gasteiger partial charge < -0.3 is 20.5 Å². The van der Waals surface area contributed by atoms with Crippen molar-refractivity contribution >= 4 is 11.7 Å². The van der Waals surface area contributed by atoms with Gasteiger partial charge in [-0.15, -0.1) is 0 Å². The summed E-state index contributed by atoms with van der Waals surface area (Å²) in [6, 6.07) is 5.82. The Bertz CT molecular complexity index is 384. The number of carbonyl (C=O) groups is 1. The number of hydrogen-bond acceptors (Lipinski definition) is 3. The monoisotopic (exact) mass is 260 g/mol. The number of hydrogen-bond donors (Lipinski definition) is 3. The average molecular weight is 260 g/mol. The number of rotatable bonds is 5. The van der Waals surface area contributed by atoms with Crippen molar-refractivity contribution in [2.75, 3.05) is 19.0 Å². The van der Waals surface area contributed by atoms with Gasteiger partial charge in [-0.3, -0.25) is 0 Å². The molecular formula is C11H14F2N2O3. The quantitative estimate of drug-likeness (QED) is 0.750. The number of benzene rings is 1. The Morgan fingerprint density at radius 1 is 1.39 bits per heavy atom. The van der Waals surface area contributed by atoms with Crippen LogP contribution in [-0.4, -0.2) is 37.3 Å². The highest BCUT2D eigenvalue weighted by molar-refractivity contribution is 5.89. The summed E-state index contributed by atoms with van der Waals surface area (Å²) in [5.41, 5.74) is 0.486. The van der Waals surface area contributed by atoms with Crippen molar-refractivity contribution < 1.29 is 23.4 Å². The molecule has 0 fully saturated rings. The van der Waals surface area contributed by atoms with Crippen molar-refractivity contribution in [2.45, 2.75) is 12.5 Å². The summed E-state index contributed by atoms with van der Waals surface area (Å²) in [5.74, 6) is 0.633. The normalized spacial score (nSPS) is 12.1.